The molecule has 116 valence electrons. The Morgan fingerprint density at radius 1 is 1.33 bits per heavy atom. The molecule has 1 aromatic rings. The summed E-state index contributed by atoms with van der Waals surface area (Å²) >= 11 is 0. The van der Waals surface area contributed by atoms with Crippen molar-refractivity contribution in [1.82, 2.24) is 4.31 Å². The van der Waals surface area contributed by atoms with Crippen LogP contribution in [0.3, 0.4) is 0 Å². The molecule has 1 aromatic carbocycles. The molecule has 0 atom stereocenters. The lowest BCUT2D eigenvalue weighted by molar-refractivity contribution is -0.137. The number of carboxylic acids is 1. The normalized spacial score (nSPS) is 11.4. The molecule has 0 aliphatic heterocycles. The van der Waals surface area contributed by atoms with Gasteiger partial charge in [-0.25, -0.2) is 8.42 Å². The van der Waals surface area contributed by atoms with E-state index in [4.69, 9.17) is 15.6 Å². The number of carboxylic acid groups (broad SMARTS) is 1. The second kappa shape index (κ2) is 6.55. The van der Waals surface area contributed by atoms with Gasteiger partial charge >= 0.3 is 5.97 Å². The molecule has 0 aliphatic carbocycles. The predicted molar refractivity (Wildman–Crippen MR) is 73.3 cm³/mol. The fraction of sp³-hybridized carbons (Fsp3) is 0.333. The first-order valence-electron chi connectivity index (χ1n) is 5.83. The molecule has 1 amide bonds. The smallest absolute Gasteiger partial charge is 0.318 e. The second-order valence-corrected chi connectivity index (χ2v) is 6.20. The van der Waals surface area contributed by atoms with Gasteiger partial charge in [0.1, 0.15) is 12.3 Å². The van der Waals surface area contributed by atoms with Gasteiger partial charge in [-0.3, -0.25) is 9.59 Å². The number of ether oxygens (including phenoxy) is 1. The third-order valence-electron chi connectivity index (χ3n) is 2.65. The van der Waals surface area contributed by atoms with Crippen molar-refractivity contribution in [2.75, 3.05) is 20.2 Å². The lowest BCUT2D eigenvalue weighted by Crippen LogP contribution is -2.41. The maximum atomic E-state index is 12.4. The molecule has 3 N–H and O–H groups in total. The van der Waals surface area contributed by atoms with E-state index >= 15 is 0 Å². The van der Waals surface area contributed by atoms with E-state index in [1.807, 2.05) is 0 Å². The van der Waals surface area contributed by atoms with Gasteiger partial charge in [-0.15, -0.1) is 0 Å². The molecule has 0 saturated heterocycles. The van der Waals surface area contributed by atoms with E-state index in [-0.39, 0.29) is 4.90 Å². The number of aryl methyl sites for hydroxylation is 1. The number of rotatable bonds is 7. The highest BCUT2D eigenvalue weighted by atomic mass is 32.2. The van der Waals surface area contributed by atoms with E-state index < -0.39 is 35.0 Å². The van der Waals surface area contributed by atoms with E-state index in [9.17, 15) is 18.0 Å². The summed E-state index contributed by atoms with van der Waals surface area (Å²) in [6.07, 6.45) is 0. The fourth-order valence-corrected chi connectivity index (χ4v) is 3.15. The molecule has 0 unspecified atom stereocenters. The summed E-state index contributed by atoms with van der Waals surface area (Å²) in [6.45, 7) is 0.0868. The molecule has 8 nitrogen and oxygen atoms in total. The zero-order valence-electron chi connectivity index (χ0n) is 11.6. The molecule has 0 radical (unpaired) electrons. The highest BCUT2D eigenvalue weighted by molar-refractivity contribution is 7.89. The summed E-state index contributed by atoms with van der Waals surface area (Å²) < 4.78 is 30.3. The zero-order chi connectivity index (χ0) is 16.2. The van der Waals surface area contributed by atoms with Crippen molar-refractivity contribution in [3.8, 4) is 5.75 Å². The minimum Gasteiger partial charge on any atom is -0.496 e. The number of hydrogen-bond donors (Lipinski definition) is 2. The summed E-state index contributed by atoms with van der Waals surface area (Å²) in [5.41, 5.74) is 5.52. The van der Waals surface area contributed by atoms with E-state index in [0.717, 1.165) is 0 Å². The van der Waals surface area contributed by atoms with Crippen LogP contribution in [0, 0.1) is 6.92 Å². The van der Waals surface area contributed by atoms with Crippen LogP contribution in [-0.4, -0.2) is 49.9 Å². The van der Waals surface area contributed by atoms with Crippen molar-refractivity contribution < 1.29 is 27.9 Å². The first-order valence-corrected chi connectivity index (χ1v) is 7.27. The lowest BCUT2D eigenvalue weighted by Gasteiger charge is -2.19. The molecule has 0 spiro atoms. The summed E-state index contributed by atoms with van der Waals surface area (Å²) in [6, 6.07) is 4.06. The lowest BCUT2D eigenvalue weighted by atomic mass is 10.2. The van der Waals surface area contributed by atoms with Crippen LogP contribution >= 0.6 is 0 Å². The second-order valence-electron chi connectivity index (χ2n) is 4.26. The molecule has 0 heterocycles. The van der Waals surface area contributed by atoms with Gasteiger partial charge in [-0.2, -0.15) is 4.31 Å². The predicted octanol–water partition coefficient (Wildman–Crippen LogP) is -0.436. The quantitative estimate of drug-likeness (QED) is 0.702. The number of nitrogens with two attached hydrogens (primary N) is 1. The number of sulfonamides is 1. The van der Waals surface area contributed by atoms with Gasteiger partial charge in [0, 0.05) is 0 Å². The van der Waals surface area contributed by atoms with Crippen molar-refractivity contribution in [2.24, 2.45) is 5.73 Å². The molecule has 0 aliphatic rings. The standard InChI is InChI=1S/C12H16N2O6S/c1-8-5-9(3-4-10(8)20-2)21(18,19)14(6-11(13)15)7-12(16)17/h3-5H,6-7H2,1-2H3,(H2,13,15)(H,16,17). The zero-order valence-corrected chi connectivity index (χ0v) is 12.4. The van der Waals surface area contributed by atoms with E-state index in [1.54, 1.807) is 6.92 Å². The third-order valence-corrected chi connectivity index (χ3v) is 4.44. The maximum absolute atomic E-state index is 12.4. The number of benzene rings is 1. The van der Waals surface area contributed by atoms with Crippen molar-refractivity contribution >= 4 is 21.9 Å². The summed E-state index contributed by atoms with van der Waals surface area (Å²) in [5.74, 6) is -1.83. The number of hydrogen-bond acceptors (Lipinski definition) is 5. The first kappa shape index (κ1) is 16.9. The molecule has 0 fully saturated rings. The van der Waals surface area contributed by atoms with Crippen LogP contribution in [-0.2, 0) is 19.6 Å². The number of carbonyl (C=O) groups excluding carboxylic acids is 1. The summed E-state index contributed by atoms with van der Waals surface area (Å²) in [5, 5.41) is 8.77. The van der Waals surface area contributed by atoms with Gasteiger partial charge in [-0.05, 0) is 30.7 Å². The Bertz CT molecular complexity index is 640. The van der Waals surface area contributed by atoms with Gasteiger partial charge in [0.05, 0.1) is 18.6 Å². The van der Waals surface area contributed by atoms with Crippen LogP contribution < -0.4 is 10.5 Å². The molecular weight excluding hydrogens is 300 g/mol. The van der Waals surface area contributed by atoms with Crippen molar-refractivity contribution in [3.63, 3.8) is 0 Å². The SMILES string of the molecule is COc1ccc(S(=O)(=O)N(CC(N)=O)CC(=O)O)cc1C. The monoisotopic (exact) mass is 316 g/mol. The summed E-state index contributed by atoms with van der Waals surface area (Å²) in [4.78, 5) is 21.6. The van der Waals surface area contributed by atoms with Crippen molar-refractivity contribution in [2.45, 2.75) is 11.8 Å². The summed E-state index contributed by atoms with van der Waals surface area (Å²) in [7, 11) is -2.70. The maximum Gasteiger partial charge on any atom is 0.318 e. The van der Waals surface area contributed by atoms with Crippen molar-refractivity contribution in [3.05, 3.63) is 23.8 Å². The van der Waals surface area contributed by atoms with Crippen LogP contribution in [0.5, 0.6) is 5.75 Å². The van der Waals surface area contributed by atoms with Crippen LogP contribution in [0.15, 0.2) is 23.1 Å². The van der Waals surface area contributed by atoms with Crippen LogP contribution in [0.2, 0.25) is 0 Å². The number of amides is 1. The van der Waals surface area contributed by atoms with Gasteiger partial charge in [-0.1, -0.05) is 0 Å². The van der Waals surface area contributed by atoms with Gasteiger partial charge < -0.3 is 15.6 Å². The Balaban J connectivity index is 3.24. The largest absolute Gasteiger partial charge is 0.496 e. The molecular formula is C12H16N2O6S. The minimum absolute atomic E-state index is 0.136. The molecule has 0 aromatic heterocycles. The average Bonchev–Trinajstić information content (AvgIpc) is 2.36. The third kappa shape index (κ3) is 4.17. The topological polar surface area (TPSA) is 127 Å². The number of carbonyl (C=O) groups is 2. The Kier molecular flexibility index (Phi) is 5.28. The first-order chi connectivity index (χ1) is 9.68. The Labute approximate surface area is 122 Å². The van der Waals surface area contributed by atoms with Gasteiger partial charge in [0.25, 0.3) is 0 Å². The van der Waals surface area contributed by atoms with Crippen LogP contribution in [0.25, 0.3) is 0 Å². The Hall–Kier alpha value is -2.13. The number of nitrogens with zero attached hydrogens (tertiary/aromatic N) is 1. The molecule has 1 rings (SSSR count). The van der Waals surface area contributed by atoms with E-state index in [1.165, 1.54) is 25.3 Å². The average molecular weight is 316 g/mol. The van der Waals surface area contributed by atoms with Gasteiger partial charge in [0.15, 0.2) is 0 Å². The molecule has 9 heteroatoms. The molecule has 0 saturated carbocycles. The van der Waals surface area contributed by atoms with Gasteiger partial charge in [0.2, 0.25) is 15.9 Å². The molecule has 21 heavy (non-hydrogen) atoms. The van der Waals surface area contributed by atoms with E-state index in [2.05, 4.69) is 0 Å². The van der Waals surface area contributed by atoms with Crippen molar-refractivity contribution in [1.29, 1.82) is 0 Å². The van der Waals surface area contributed by atoms with Crippen LogP contribution in [0.4, 0.5) is 0 Å². The Morgan fingerprint density at radius 2 is 1.95 bits per heavy atom. The number of aliphatic carboxylic acids is 1. The van der Waals surface area contributed by atoms with Crippen LogP contribution in [0.1, 0.15) is 5.56 Å². The molecule has 0 bridgehead atoms. The number of methoxy groups -OCH3 is 1. The highest BCUT2D eigenvalue weighted by Crippen LogP contribution is 2.23. The minimum atomic E-state index is -4.14. The fourth-order valence-electron chi connectivity index (χ4n) is 1.71. The highest BCUT2D eigenvalue weighted by Gasteiger charge is 2.28. The number of primary amides is 1. The Morgan fingerprint density at radius 3 is 2.38 bits per heavy atom. The van der Waals surface area contributed by atoms with E-state index in [0.29, 0.717) is 15.6 Å².